The van der Waals surface area contributed by atoms with Crippen LogP contribution in [0.5, 0.6) is 0 Å². The van der Waals surface area contributed by atoms with Gasteiger partial charge in [-0.15, -0.1) is 0 Å². The summed E-state index contributed by atoms with van der Waals surface area (Å²) in [6.07, 6.45) is 2.49. The van der Waals surface area contributed by atoms with Crippen molar-refractivity contribution in [2.45, 2.75) is 32.1 Å². The van der Waals surface area contributed by atoms with Crippen LogP contribution in [0.2, 0.25) is 0 Å². The zero-order valence-electron chi connectivity index (χ0n) is 13.0. The van der Waals surface area contributed by atoms with Crippen molar-refractivity contribution in [3.8, 4) is 0 Å². The fraction of sp³-hybridized carbons (Fsp3) is 0.438. The molecule has 3 rings (SSSR count). The van der Waals surface area contributed by atoms with E-state index in [-0.39, 0.29) is 17.8 Å². The first kappa shape index (κ1) is 15.5. The van der Waals surface area contributed by atoms with E-state index in [1.54, 1.807) is 17.0 Å². The van der Waals surface area contributed by atoms with Gasteiger partial charge in [-0.05, 0) is 31.0 Å². The summed E-state index contributed by atoms with van der Waals surface area (Å²) < 4.78 is 18.3. The number of hydrogen-bond donors (Lipinski definition) is 1. The Morgan fingerprint density at radius 2 is 2.39 bits per heavy atom. The fourth-order valence-electron chi connectivity index (χ4n) is 2.72. The molecular formula is C16H19FN4O2. The molecule has 1 atom stereocenters. The Balaban J connectivity index is 1.64. The largest absolute Gasteiger partial charge is 0.339 e. The highest BCUT2D eigenvalue weighted by atomic mass is 19.1. The summed E-state index contributed by atoms with van der Waals surface area (Å²) in [5.41, 5.74) is 0.449. The molecule has 0 spiro atoms. The molecule has 1 aliphatic rings. The number of piperidine rings is 1. The molecule has 0 bridgehead atoms. The predicted molar refractivity (Wildman–Crippen MR) is 82.6 cm³/mol. The molecule has 0 saturated carbocycles. The van der Waals surface area contributed by atoms with E-state index in [1.807, 2.05) is 6.92 Å². The van der Waals surface area contributed by atoms with Crippen molar-refractivity contribution in [1.82, 2.24) is 15.0 Å². The molecular weight excluding hydrogens is 299 g/mol. The van der Waals surface area contributed by atoms with Crippen LogP contribution in [0.1, 0.15) is 37.4 Å². The minimum Gasteiger partial charge on any atom is -0.339 e. The van der Waals surface area contributed by atoms with Crippen LogP contribution in [-0.4, -0.2) is 34.2 Å². The number of aromatic nitrogens is 2. The molecule has 0 aliphatic carbocycles. The molecule has 2 amide bonds. The van der Waals surface area contributed by atoms with E-state index in [0.29, 0.717) is 36.9 Å². The van der Waals surface area contributed by atoms with Crippen molar-refractivity contribution in [2.75, 3.05) is 18.4 Å². The van der Waals surface area contributed by atoms with Gasteiger partial charge in [0.05, 0.1) is 0 Å². The van der Waals surface area contributed by atoms with Crippen LogP contribution in [0.25, 0.3) is 0 Å². The molecule has 1 unspecified atom stereocenters. The minimum absolute atomic E-state index is 0.0751. The highest BCUT2D eigenvalue weighted by Crippen LogP contribution is 2.25. The second-order valence-corrected chi connectivity index (χ2v) is 5.63. The summed E-state index contributed by atoms with van der Waals surface area (Å²) in [6, 6.07) is 5.63. The number of urea groups is 1. The highest BCUT2D eigenvalue weighted by molar-refractivity contribution is 5.89. The van der Waals surface area contributed by atoms with Crippen molar-refractivity contribution < 1.29 is 13.7 Å². The van der Waals surface area contributed by atoms with E-state index in [2.05, 4.69) is 15.5 Å². The Morgan fingerprint density at radius 3 is 3.13 bits per heavy atom. The first-order chi connectivity index (χ1) is 11.2. The van der Waals surface area contributed by atoms with Crippen LogP contribution in [-0.2, 0) is 6.42 Å². The van der Waals surface area contributed by atoms with Crippen molar-refractivity contribution in [1.29, 1.82) is 0 Å². The smallest absolute Gasteiger partial charge is 0.321 e. The number of likely N-dealkylation sites (tertiary alicyclic amines) is 1. The van der Waals surface area contributed by atoms with Crippen LogP contribution in [0.4, 0.5) is 14.9 Å². The van der Waals surface area contributed by atoms with Crippen LogP contribution < -0.4 is 5.32 Å². The van der Waals surface area contributed by atoms with Crippen molar-refractivity contribution in [2.24, 2.45) is 0 Å². The lowest BCUT2D eigenvalue weighted by atomic mass is 9.97. The molecule has 1 aliphatic heterocycles. The zero-order chi connectivity index (χ0) is 16.2. The summed E-state index contributed by atoms with van der Waals surface area (Å²) in [7, 11) is 0. The van der Waals surface area contributed by atoms with Gasteiger partial charge in [0, 0.05) is 31.1 Å². The topological polar surface area (TPSA) is 71.3 Å². The average Bonchev–Trinajstić information content (AvgIpc) is 3.04. The minimum atomic E-state index is -0.377. The Morgan fingerprint density at radius 1 is 1.52 bits per heavy atom. The maximum absolute atomic E-state index is 13.2. The van der Waals surface area contributed by atoms with E-state index in [4.69, 9.17) is 4.52 Å². The number of halogens is 1. The van der Waals surface area contributed by atoms with Gasteiger partial charge < -0.3 is 14.7 Å². The van der Waals surface area contributed by atoms with Gasteiger partial charge in [0.15, 0.2) is 5.82 Å². The first-order valence-corrected chi connectivity index (χ1v) is 7.79. The zero-order valence-corrected chi connectivity index (χ0v) is 13.0. The van der Waals surface area contributed by atoms with E-state index in [1.165, 1.54) is 12.1 Å². The maximum Gasteiger partial charge on any atom is 0.321 e. The van der Waals surface area contributed by atoms with Crippen LogP contribution in [0, 0.1) is 5.82 Å². The lowest BCUT2D eigenvalue weighted by Crippen LogP contribution is -2.41. The SMILES string of the molecule is CCc1nc(C2CCCN(C(=O)Nc3cccc(F)c3)C2)no1. The highest BCUT2D eigenvalue weighted by Gasteiger charge is 2.28. The van der Waals surface area contributed by atoms with Gasteiger partial charge in [0.2, 0.25) is 5.89 Å². The van der Waals surface area contributed by atoms with Crippen molar-refractivity contribution >= 4 is 11.7 Å². The molecule has 2 aromatic rings. The number of benzene rings is 1. The Bertz CT molecular complexity index is 688. The summed E-state index contributed by atoms with van der Waals surface area (Å²) in [6.45, 7) is 3.15. The molecule has 1 aromatic carbocycles. The van der Waals surface area contributed by atoms with E-state index < -0.39 is 0 Å². The molecule has 23 heavy (non-hydrogen) atoms. The summed E-state index contributed by atoms with van der Waals surface area (Å²) in [5, 5.41) is 6.73. The molecule has 7 heteroatoms. The standard InChI is InChI=1S/C16H19FN4O2/c1-2-14-19-15(20-23-14)11-5-4-8-21(10-11)16(22)18-13-7-3-6-12(17)9-13/h3,6-7,9,11H,2,4-5,8,10H2,1H3,(H,18,22). The number of nitrogens with zero attached hydrogens (tertiary/aromatic N) is 3. The van der Waals surface area contributed by atoms with Gasteiger partial charge >= 0.3 is 6.03 Å². The molecule has 0 radical (unpaired) electrons. The number of hydrogen-bond acceptors (Lipinski definition) is 4. The molecule has 1 N–H and O–H groups in total. The number of nitrogens with one attached hydrogen (secondary N) is 1. The van der Waals surface area contributed by atoms with Crippen molar-refractivity contribution in [3.05, 3.63) is 41.8 Å². The summed E-state index contributed by atoms with van der Waals surface area (Å²) in [5.74, 6) is 0.968. The van der Waals surface area contributed by atoms with Gasteiger partial charge in [-0.2, -0.15) is 4.98 Å². The Labute approximate surface area is 133 Å². The number of aryl methyl sites for hydroxylation is 1. The number of carbonyl (C=O) groups excluding carboxylic acids is 1. The quantitative estimate of drug-likeness (QED) is 0.943. The Kier molecular flexibility index (Phi) is 4.55. The van der Waals surface area contributed by atoms with E-state index >= 15 is 0 Å². The number of rotatable bonds is 3. The third kappa shape index (κ3) is 3.67. The van der Waals surface area contributed by atoms with Crippen molar-refractivity contribution in [3.63, 3.8) is 0 Å². The molecule has 1 saturated heterocycles. The number of anilines is 1. The van der Waals surface area contributed by atoms with Crippen LogP contribution in [0.3, 0.4) is 0 Å². The first-order valence-electron chi connectivity index (χ1n) is 7.79. The monoisotopic (exact) mass is 318 g/mol. The van der Waals surface area contributed by atoms with Gasteiger partial charge in [-0.25, -0.2) is 9.18 Å². The molecule has 2 heterocycles. The second kappa shape index (κ2) is 6.76. The maximum atomic E-state index is 13.2. The summed E-state index contributed by atoms with van der Waals surface area (Å²) in [4.78, 5) is 18.4. The molecule has 6 nitrogen and oxygen atoms in total. The molecule has 1 aromatic heterocycles. The summed E-state index contributed by atoms with van der Waals surface area (Å²) >= 11 is 0. The van der Waals surface area contributed by atoms with Gasteiger partial charge in [0.25, 0.3) is 0 Å². The normalized spacial score (nSPS) is 18.0. The van der Waals surface area contributed by atoms with Gasteiger partial charge in [0.1, 0.15) is 5.82 Å². The Hall–Kier alpha value is -2.44. The van der Waals surface area contributed by atoms with Gasteiger partial charge in [-0.3, -0.25) is 0 Å². The average molecular weight is 318 g/mol. The fourth-order valence-corrected chi connectivity index (χ4v) is 2.72. The van der Waals surface area contributed by atoms with Crippen LogP contribution >= 0.6 is 0 Å². The predicted octanol–water partition coefficient (Wildman–Crippen LogP) is 3.18. The van der Waals surface area contributed by atoms with E-state index in [9.17, 15) is 9.18 Å². The van der Waals surface area contributed by atoms with E-state index in [0.717, 1.165) is 12.8 Å². The van der Waals surface area contributed by atoms with Gasteiger partial charge in [-0.1, -0.05) is 18.1 Å². The second-order valence-electron chi connectivity index (χ2n) is 5.63. The third-order valence-corrected chi connectivity index (χ3v) is 3.94. The molecule has 122 valence electrons. The lowest BCUT2D eigenvalue weighted by Gasteiger charge is -2.31. The molecule has 1 fully saturated rings. The number of carbonyl (C=O) groups is 1. The number of amides is 2. The van der Waals surface area contributed by atoms with Crippen LogP contribution in [0.15, 0.2) is 28.8 Å². The lowest BCUT2D eigenvalue weighted by molar-refractivity contribution is 0.190. The third-order valence-electron chi connectivity index (χ3n) is 3.94.